The average Bonchev–Trinajstić information content (AvgIpc) is 2.71. The van der Waals surface area contributed by atoms with Gasteiger partial charge in [0.05, 0.1) is 0 Å². The molecule has 11 heteroatoms. The molecule has 1 atom stereocenters. The Morgan fingerprint density at radius 1 is 1.28 bits per heavy atom. The van der Waals surface area contributed by atoms with Crippen molar-refractivity contribution >= 4 is 17.8 Å². The van der Waals surface area contributed by atoms with Crippen LogP contribution in [0.1, 0.15) is 12.5 Å². The van der Waals surface area contributed by atoms with Crippen LogP contribution in [-0.4, -0.2) is 42.0 Å². The van der Waals surface area contributed by atoms with Gasteiger partial charge in [0, 0.05) is 5.56 Å². The monoisotopic (exact) mass is 365 g/mol. The molecule has 6 nitrogen and oxygen atoms in total. The molecule has 0 aliphatic carbocycles. The van der Waals surface area contributed by atoms with E-state index in [4.69, 9.17) is 0 Å². The van der Waals surface area contributed by atoms with Gasteiger partial charge in [-0.2, -0.15) is 13.2 Å². The van der Waals surface area contributed by atoms with Crippen LogP contribution >= 0.6 is 0 Å². The largest absolute Gasteiger partial charge is 0.405 e. The first-order chi connectivity index (χ1) is 11.4. The first-order valence-corrected chi connectivity index (χ1v) is 6.87. The molecule has 0 aromatic heterocycles. The van der Waals surface area contributed by atoms with Crippen LogP contribution in [0.5, 0.6) is 0 Å². The van der Waals surface area contributed by atoms with Crippen molar-refractivity contribution in [1.82, 2.24) is 15.5 Å². The molecule has 1 heterocycles. The van der Waals surface area contributed by atoms with Gasteiger partial charge in [-0.3, -0.25) is 14.5 Å². The molecule has 0 unspecified atom stereocenters. The number of carbonyl (C=O) groups is 3. The lowest BCUT2D eigenvalue weighted by atomic mass is 9.91. The van der Waals surface area contributed by atoms with Crippen molar-refractivity contribution in [2.24, 2.45) is 0 Å². The van der Waals surface area contributed by atoms with Crippen LogP contribution in [0.2, 0.25) is 0 Å². The Balaban J connectivity index is 2.19. The van der Waals surface area contributed by atoms with Crippen molar-refractivity contribution in [3.8, 4) is 0 Å². The van der Waals surface area contributed by atoms with Gasteiger partial charge in [0.2, 0.25) is 5.91 Å². The van der Waals surface area contributed by atoms with E-state index < -0.39 is 59.8 Å². The second-order valence-electron chi connectivity index (χ2n) is 5.46. The van der Waals surface area contributed by atoms with E-state index >= 15 is 0 Å². The number of hydrogen-bond acceptors (Lipinski definition) is 3. The van der Waals surface area contributed by atoms with E-state index in [9.17, 15) is 36.3 Å². The summed E-state index contributed by atoms with van der Waals surface area (Å²) in [6, 6.07) is 1.17. The minimum absolute atomic E-state index is 0.329. The van der Waals surface area contributed by atoms with Gasteiger partial charge in [0.25, 0.3) is 5.91 Å². The number of hydrogen-bond donors (Lipinski definition) is 2. The molecule has 1 aliphatic rings. The minimum Gasteiger partial charge on any atom is -0.345 e. The van der Waals surface area contributed by atoms with E-state index in [1.54, 1.807) is 0 Å². The molecule has 1 aliphatic heterocycles. The summed E-state index contributed by atoms with van der Waals surface area (Å²) in [5, 5.41) is 3.63. The number of amides is 4. The summed E-state index contributed by atoms with van der Waals surface area (Å²) < 4.78 is 63.4. The van der Waals surface area contributed by atoms with Gasteiger partial charge >= 0.3 is 12.2 Å². The van der Waals surface area contributed by atoms with Gasteiger partial charge in [0.1, 0.15) is 30.3 Å². The van der Waals surface area contributed by atoms with Crippen molar-refractivity contribution in [2.75, 3.05) is 13.1 Å². The molecule has 0 bridgehead atoms. The third kappa shape index (κ3) is 3.86. The quantitative estimate of drug-likeness (QED) is 0.626. The first kappa shape index (κ1) is 18.6. The second-order valence-corrected chi connectivity index (χ2v) is 5.46. The predicted octanol–water partition coefficient (Wildman–Crippen LogP) is 1.41. The highest BCUT2D eigenvalue weighted by Crippen LogP contribution is 2.31. The molecule has 0 spiro atoms. The second kappa shape index (κ2) is 6.30. The Kier molecular flexibility index (Phi) is 4.69. The molecule has 2 N–H and O–H groups in total. The van der Waals surface area contributed by atoms with E-state index in [-0.39, 0.29) is 0 Å². The zero-order valence-electron chi connectivity index (χ0n) is 12.7. The molecule has 2 rings (SSSR count). The lowest BCUT2D eigenvalue weighted by Crippen LogP contribution is -2.45. The maximum Gasteiger partial charge on any atom is 0.405 e. The van der Waals surface area contributed by atoms with Crippen molar-refractivity contribution in [2.45, 2.75) is 18.6 Å². The minimum atomic E-state index is -4.66. The fraction of sp³-hybridized carbons (Fsp3) is 0.357. The first-order valence-electron chi connectivity index (χ1n) is 6.87. The lowest BCUT2D eigenvalue weighted by molar-refractivity contribution is -0.141. The molecule has 0 saturated carbocycles. The maximum absolute atomic E-state index is 13.9. The highest BCUT2D eigenvalue weighted by molar-refractivity contribution is 6.09. The zero-order valence-corrected chi connectivity index (χ0v) is 12.7. The number of urea groups is 1. The van der Waals surface area contributed by atoms with Crippen LogP contribution in [0.15, 0.2) is 18.2 Å². The Morgan fingerprint density at radius 3 is 2.52 bits per heavy atom. The molecular weight excluding hydrogens is 353 g/mol. The summed E-state index contributed by atoms with van der Waals surface area (Å²) in [7, 11) is 0. The summed E-state index contributed by atoms with van der Waals surface area (Å²) in [6.45, 7) is -1.53. The Morgan fingerprint density at radius 2 is 1.92 bits per heavy atom. The number of nitrogens with zero attached hydrogens (tertiary/aromatic N) is 1. The van der Waals surface area contributed by atoms with Crippen LogP contribution in [-0.2, 0) is 15.1 Å². The number of alkyl halides is 3. The number of carbonyl (C=O) groups excluding carboxylic acids is 3. The van der Waals surface area contributed by atoms with Crippen LogP contribution in [0.25, 0.3) is 0 Å². The third-order valence-corrected chi connectivity index (χ3v) is 3.53. The molecule has 1 aromatic rings. The van der Waals surface area contributed by atoms with E-state index in [2.05, 4.69) is 5.32 Å². The van der Waals surface area contributed by atoms with Crippen molar-refractivity contribution < 1.29 is 36.3 Å². The highest BCUT2D eigenvalue weighted by Gasteiger charge is 2.51. The fourth-order valence-electron chi connectivity index (χ4n) is 2.30. The molecule has 25 heavy (non-hydrogen) atoms. The van der Waals surface area contributed by atoms with Crippen LogP contribution < -0.4 is 10.6 Å². The number of rotatable bonds is 4. The van der Waals surface area contributed by atoms with Gasteiger partial charge < -0.3 is 10.6 Å². The Hall–Kier alpha value is -2.72. The SMILES string of the molecule is C[C@]1(c2cc(F)ccc2F)NC(=O)N(CC(=O)NCC(F)(F)F)C1=O. The van der Waals surface area contributed by atoms with E-state index in [1.165, 1.54) is 5.32 Å². The fourth-order valence-corrected chi connectivity index (χ4v) is 2.30. The number of benzene rings is 1. The van der Waals surface area contributed by atoms with Crippen LogP contribution in [0.4, 0.5) is 26.7 Å². The van der Waals surface area contributed by atoms with Crippen LogP contribution in [0, 0.1) is 11.6 Å². The molecule has 4 amide bonds. The topological polar surface area (TPSA) is 78.5 Å². The van der Waals surface area contributed by atoms with E-state index in [0.29, 0.717) is 11.0 Å². The van der Waals surface area contributed by atoms with Gasteiger partial charge in [-0.1, -0.05) is 0 Å². The van der Waals surface area contributed by atoms with Crippen molar-refractivity contribution in [3.05, 3.63) is 35.4 Å². The summed E-state index contributed by atoms with van der Waals surface area (Å²) in [4.78, 5) is 36.1. The molecule has 1 aromatic carbocycles. The smallest absolute Gasteiger partial charge is 0.345 e. The summed E-state index contributed by atoms with van der Waals surface area (Å²) in [5.74, 6) is -4.16. The molecule has 0 radical (unpaired) electrons. The van der Waals surface area contributed by atoms with Gasteiger partial charge in [-0.25, -0.2) is 13.6 Å². The summed E-state index contributed by atoms with van der Waals surface area (Å²) in [6.07, 6.45) is -4.66. The molecule has 1 saturated heterocycles. The maximum atomic E-state index is 13.9. The van der Waals surface area contributed by atoms with Gasteiger partial charge in [0.15, 0.2) is 0 Å². The molecule has 1 fully saturated rings. The van der Waals surface area contributed by atoms with E-state index in [1.807, 2.05) is 0 Å². The van der Waals surface area contributed by atoms with Crippen LogP contribution in [0.3, 0.4) is 0 Å². The summed E-state index contributed by atoms with van der Waals surface area (Å²) >= 11 is 0. The molecule has 136 valence electrons. The number of halogens is 5. The third-order valence-electron chi connectivity index (χ3n) is 3.53. The normalized spacial score (nSPS) is 20.6. The van der Waals surface area contributed by atoms with Gasteiger partial charge in [-0.15, -0.1) is 0 Å². The lowest BCUT2D eigenvalue weighted by Gasteiger charge is -2.22. The van der Waals surface area contributed by atoms with Crippen molar-refractivity contribution in [1.29, 1.82) is 0 Å². The highest BCUT2D eigenvalue weighted by atomic mass is 19.4. The Labute approximate surface area is 138 Å². The van der Waals surface area contributed by atoms with Crippen molar-refractivity contribution in [3.63, 3.8) is 0 Å². The number of nitrogens with one attached hydrogen (secondary N) is 2. The van der Waals surface area contributed by atoms with E-state index in [0.717, 1.165) is 19.1 Å². The number of imide groups is 1. The Bertz CT molecular complexity index is 737. The predicted molar refractivity (Wildman–Crippen MR) is 73.0 cm³/mol. The zero-order chi connectivity index (χ0) is 19.0. The standard InChI is InChI=1S/C14H12F5N3O3/c1-13(8-4-7(15)2-3-9(8)16)11(24)22(12(25)21-13)5-10(23)20-6-14(17,18)19/h2-4H,5-6H2,1H3,(H,20,23)(H,21,25)/t13-/m1/s1. The average molecular weight is 365 g/mol. The summed E-state index contributed by atoms with van der Waals surface area (Å²) in [5.41, 5.74) is -2.46. The van der Waals surface area contributed by atoms with Gasteiger partial charge in [-0.05, 0) is 25.1 Å². The molecular formula is C14H12F5N3O3.